The van der Waals surface area contributed by atoms with Crippen LogP contribution in [-0.4, -0.2) is 4.57 Å². The second-order valence-corrected chi connectivity index (χ2v) is 10.5. The second kappa shape index (κ2) is 22.0. The summed E-state index contributed by atoms with van der Waals surface area (Å²) in [5.74, 6) is 0. The van der Waals surface area contributed by atoms with Gasteiger partial charge in [-0.2, -0.15) is 0 Å². The minimum atomic E-state index is 0.642. The van der Waals surface area contributed by atoms with Gasteiger partial charge in [-0.15, -0.1) is 0 Å². The third kappa shape index (κ3) is 16.8. The lowest BCUT2D eigenvalue weighted by atomic mass is 10.0. The quantitative estimate of drug-likeness (QED) is 0.110. The molecule has 1 atom stereocenters. The zero-order chi connectivity index (χ0) is 23.1. The van der Waals surface area contributed by atoms with Crippen LogP contribution in [0.25, 0.3) is 0 Å². The summed E-state index contributed by atoms with van der Waals surface area (Å²) in [6, 6.07) is 0.642. The molecule has 1 heterocycles. The van der Waals surface area contributed by atoms with Crippen molar-refractivity contribution >= 4 is 0 Å². The van der Waals surface area contributed by atoms with Crippen molar-refractivity contribution in [2.75, 3.05) is 0 Å². The molecule has 0 aliphatic rings. The highest BCUT2D eigenvalue weighted by molar-refractivity contribution is 4.72. The van der Waals surface area contributed by atoms with E-state index in [0.29, 0.717) is 6.04 Å². The van der Waals surface area contributed by atoms with Gasteiger partial charge in [-0.3, -0.25) is 0 Å². The smallest absolute Gasteiger partial charge is 0.237 e. The first-order chi connectivity index (χ1) is 15.8. The molecular formula is C30H59N2+. The van der Waals surface area contributed by atoms with Crippen LogP contribution in [0.4, 0.5) is 0 Å². The average Bonchev–Trinajstić information content (AvgIpc) is 3.27. The van der Waals surface area contributed by atoms with E-state index < -0.39 is 0 Å². The van der Waals surface area contributed by atoms with Crippen LogP contribution < -0.4 is 4.57 Å². The van der Waals surface area contributed by atoms with E-state index in [0.717, 1.165) is 0 Å². The Labute approximate surface area is 202 Å². The fourth-order valence-corrected chi connectivity index (χ4v) is 4.84. The molecule has 0 fully saturated rings. The topological polar surface area (TPSA) is 8.81 Å². The van der Waals surface area contributed by atoms with Crippen LogP contribution in [0.1, 0.15) is 168 Å². The molecule has 0 aromatic carbocycles. The molecule has 0 aliphatic carbocycles. The third-order valence-electron chi connectivity index (χ3n) is 7.22. The summed E-state index contributed by atoms with van der Waals surface area (Å²) in [5.41, 5.74) is 0. The van der Waals surface area contributed by atoms with Crippen LogP contribution in [0.2, 0.25) is 0 Å². The molecular weight excluding hydrogens is 388 g/mol. The Morgan fingerprint density at radius 3 is 1.44 bits per heavy atom. The lowest BCUT2D eigenvalue weighted by molar-refractivity contribution is -0.697. The van der Waals surface area contributed by atoms with Gasteiger partial charge in [0.25, 0.3) is 0 Å². The van der Waals surface area contributed by atoms with E-state index in [-0.39, 0.29) is 0 Å². The molecule has 0 spiro atoms. The molecule has 1 aromatic heterocycles. The molecule has 0 saturated carbocycles. The SMILES string of the molecule is CCCCCCCCCCCCCCCCCC[n+]1ccn(C(C)CCCCCCC)c1. The number of aromatic nitrogens is 2. The van der Waals surface area contributed by atoms with Crippen molar-refractivity contribution in [3.63, 3.8) is 0 Å². The van der Waals surface area contributed by atoms with Gasteiger partial charge in [0, 0.05) is 0 Å². The van der Waals surface area contributed by atoms with Crippen LogP contribution in [0, 0.1) is 0 Å². The summed E-state index contributed by atoms with van der Waals surface area (Å²) in [6.45, 7) is 8.16. The maximum Gasteiger partial charge on any atom is 0.243 e. The Kier molecular flexibility index (Phi) is 20.1. The average molecular weight is 448 g/mol. The van der Waals surface area contributed by atoms with Crippen molar-refractivity contribution in [3.05, 3.63) is 18.7 Å². The first kappa shape index (κ1) is 29.2. The molecule has 188 valence electrons. The van der Waals surface area contributed by atoms with Crippen molar-refractivity contribution in [2.45, 2.75) is 175 Å². The second-order valence-electron chi connectivity index (χ2n) is 10.5. The zero-order valence-electron chi connectivity index (χ0n) is 22.5. The molecule has 0 saturated heterocycles. The summed E-state index contributed by atoms with van der Waals surface area (Å²) in [7, 11) is 0. The van der Waals surface area contributed by atoms with Gasteiger partial charge in [-0.25, -0.2) is 9.13 Å². The predicted molar refractivity (Wildman–Crippen MR) is 142 cm³/mol. The minimum absolute atomic E-state index is 0.642. The number of rotatable bonds is 24. The summed E-state index contributed by atoms with van der Waals surface area (Å²) in [6.07, 6.45) is 38.2. The third-order valence-corrected chi connectivity index (χ3v) is 7.22. The number of unbranched alkanes of at least 4 members (excludes halogenated alkanes) is 19. The highest BCUT2D eigenvalue weighted by atomic mass is 15.1. The predicted octanol–water partition coefficient (Wildman–Crippen LogP) is 9.96. The Hall–Kier alpha value is -0.790. The van der Waals surface area contributed by atoms with E-state index in [1.165, 1.54) is 148 Å². The lowest BCUT2D eigenvalue weighted by Crippen LogP contribution is -2.31. The molecule has 0 aliphatic heterocycles. The Morgan fingerprint density at radius 1 is 0.562 bits per heavy atom. The van der Waals surface area contributed by atoms with Gasteiger partial charge in [0.1, 0.15) is 12.4 Å². The normalized spacial score (nSPS) is 12.5. The highest BCUT2D eigenvalue weighted by Gasteiger charge is 2.11. The fraction of sp³-hybridized carbons (Fsp3) is 0.900. The molecule has 2 nitrogen and oxygen atoms in total. The van der Waals surface area contributed by atoms with Gasteiger partial charge in [-0.1, -0.05) is 129 Å². The number of hydrogen-bond acceptors (Lipinski definition) is 0. The van der Waals surface area contributed by atoms with E-state index in [1.807, 2.05) is 0 Å². The summed E-state index contributed by atoms with van der Waals surface area (Å²) in [4.78, 5) is 0. The Balaban J connectivity index is 1.87. The van der Waals surface area contributed by atoms with Crippen molar-refractivity contribution in [1.82, 2.24) is 4.57 Å². The standard InChI is InChI=1S/C30H59N2/c1-4-6-8-10-11-12-13-14-15-16-17-18-19-20-22-24-26-31-27-28-32(29-31)30(3)25-23-21-9-7-5-2/h27-30H,4-26H2,1-3H3/q+1. The van der Waals surface area contributed by atoms with Crippen molar-refractivity contribution < 1.29 is 4.57 Å². The number of aryl methyl sites for hydroxylation is 1. The highest BCUT2D eigenvalue weighted by Crippen LogP contribution is 2.16. The van der Waals surface area contributed by atoms with Gasteiger partial charge in [0.05, 0.1) is 12.6 Å². The van der Waals surface area contributed by atoms with E-state index in [2.05, 4.69) is 48.6 Å². The molecule has 0 radical (unpaired) electrons. The molecule has 0 N–H and O–H groups in total. The Bertz CT molecular complexity index is 493. The Morgan fingerprint density at radius 2 is 0.969 bits per heavy atom. The number of nitrogens with zero attached hydrogens (tertiary/aromatic N) is 2. The van der Waals surface area contributed by atoms with E-state index in [4.69, 9.17) is 0 Å². The molecule has 32 heavy (non-hydrogen) atoms. The van der Waals surface area contributed by atoms with Crippen LogP contribution in [0.5, 0.6) is 0 Å². The van der Waals surface area contributed by atoms with Gasteiger partial charge in [0.2, 0.25) is 6.33 Å². The van der Waals surface area contributed by atoms with E-state index in [1.54, 1.807) is 0 Å². The van der Waals surface area contributed by atoms with Crippen LogP contribution in [0.15, 0.2) is 18.7 Å². The molecule has 1 rings (SSSR count). The van der Waals surface area contributed by atoms with Gasteiger partial charge in [0.15, 0.2) is 0 Å². The van der Waals surface area contributed by atoms with E-state index in [9.17, 15) is 0 Å². The largest absolute Gasteiger partial charge is 0.243 e. The lowest BCUT2D eigenvalue weighted by Gasteiger charge is -2.07. The fourth-order valence-electron chi connectivity index (χ4n) is 4.84. The first-order valence-electron chi connectivity index (χ1n) is 14.8. The molecule has 1 unspecified atom stereocenters. The minimum Gasteiger partial charge on any atom is -0.237 e. The monoisotopic (exact) mass is 447 g/mol. The summed E-state index contributed by atoms with van der Waals surface area (Å²) >= 11 is 0. The molecule has 0 amide bonds. The molecule has 0 bridgehead atoms. The van der Waals surface area contributed by atoms with Gasteiger partial charge < -0.3 is 0 Å². The number of hydrogen-bond donors (Lipinski definition) is 0. The van der Waals surface area contributed by atoms with Crippen molar-refractivity contribution in [1.29, 1.82) is 0 Å². The van der Waals surface area contributed by atoms with Gasteiger partial charge >= 0.3 is 0 Å². The number of imidazole rings is 1. The van der Waals surface area contributed by atoms with Crippen LogP contribution >= 0.6 is 0 Å². The van der Waals surface area contributed by atoms with Crippen LogP contribution in [-0.2, 0) is 6.54 Å². The molecule has 1 aromatic rings. The van der Waals surface area contributed by atoms with Crippen molar-refractivity contribution in [2.24, 2.45) is 0 Å². The first-order valence-corrected chi connectivity index (χ1v) is 14.8. The van der Waals surface area contributed by atoms with E-state index >= 15 is 0 Å². The summed E-state index contributed by atoms with van der Waals surface area (Å²) < 4.78 is 4.82. The van der Waals surface area contributed by atoms with Crippen molar-refractivity contribution in [3.8, 4) is 0 Å². The zero-order valence-corrected chi connectivity index (χ0v) is 22.5. The maximum absolute atomic E-state index is 2.42. The maximum atomic E-state index is 2.42. The van der Waals surface area contributed by atoms with Gasteiger partial charge in [-0.05, 0) is 32.6 Å². The molecule has 2 heteroatoms. The summed E-state index contributed by atoms with van der Waals surface area (Å²) in [5, 5.41) is 0. The van der Waals surface area contributed by atoms with Crippen LogP contribution in [0.3, 0.4) is 0 Å².